The minimum absolute atomic E-state index is 0.222. The Morgan fingerprint density at radius 1 is 0.886 bits per heavy atom. The highest BCUT2D eigenvalue weighted by Crippen LogP contribution is 2.22. The van der Waals surface area contributed by atoms with Crippen LogP contribution in [0, 0.1) is 0 Å². The highest BCUT2D eigenvalue weighted by atomic mass is 32.2. The maximum Gasteiger partial charge on any atom is 0.319 e. The molecular formula is C27H30O6S2. The predicted octanol–water partition coefficient (Wildman–Crippen LogP) is 4.75. The summed E-state index contributed by atoms with van der Waals surface area (Å²) in [6.45, 7) is 0.525. The number of thioether (sulfide) groups is 1. The van der Waals surface area contributed by atoms with Crippen LogP contribution in [0.5, 0.6) is 17.2 Å². The number of hydrogen-bond acceptors (Lipinski definition) is 7. The number of carbonyl (C=O) groups is 1. The number of rotatable bonds is 13. The molecule has 0 saturated carbocycles. The molecule has 0 aliphatic heterocycles. The van der Waals surface area contributed by atoms with E-state index in [4.69, 9.17) is 13.7 Å². The fourth-order valence-electron chi connectivity index (χ4n) is 3.39. The van der Waals surface area contributed by atoms with E-state index >= 15 is 0 Å². The van der Waals surface area contributed by atoms with Gasteiger partial charge in [0.05, 0.1) is 13.7 Å². The Morgan fingerprint density at radius 3 is 2.09 bits per heavy atom. The van der Waals surface area contributed by atoms with Crippen molar-refractivity contribution in [2.45, 2.75) is 24.5 Å². The molecule has 0 aromatic heterocycles. The normalized spacial score (nSPS) is 12.5. The number of carbonyl (C=O) groups excluding carboxylic acids is 1. The molecule has 0 radical (unpaired) electrons. The van der Waals surface area contributed by atoms with Crippen LogP contribution in [0.4, 0.5) is 0 Å². The molecule has 0 heterocycles. The molecule has 3 rings (SSSR count). The van der Waals surface area contributed by atoms with Crippen LogP contribution in [0.3, 0.4) is 0 Å². The highest BCUT2D eigenvalue weighted by Gasteiger charge is 2.20. The van der Waals surface area contributed by atoms with Crippen molar-refractivity contribution in [3.05, 3.63) is 89.5 Å². The van der Waals surface area contributed by atoms with Crippen LogP contribution in [0.1, 0.15) is 16.7 Å². The van der Waals surface area contributed by atoms with E-state index in [0.29, 0.717) is 18.8 Å². The molecule has 0 aliphatic carbocycles. The van der Waals surface area contributed by atoms with Gasteiger partial charge in [-0.1, -0.05) is 36.4 Å². The third-order valence-corrected chi connectivity index (χ3v) is 6.88. The van der Waals surface area contributed by atoms with Crippen molar-refractivity contribution in [3.63, 3.8) is 0 Å². The minimum Gasteiger partial charge on any atom is -0.508 e. The van der Waals surface area contributed by atoms with Crippen LogP contribution >= 0.6 is 11.8 Å². The monoisotopic (exact) mass is 514 g/mol. The molecular weight excluding hydrogens is 484 g/mol. The summed E-state index contributed by atoms with van der Waals surface area (Å²) in [6.07, 6.45) is 3.63. The number of aryl methyl sites for hydroxylation is 1. The maximum atomic E-state index is 12.3. The summed E-state index contributed by atoms with van der Waals surface area (Å²) in [5.41, 5.74) is 3.34. The van der Waals surface area contributed by atoms with Gasteiger partial charge in [0.1, 0.15) is 22.5 Å². The summed E-state index contributed by atoms with van der Waals surface area (Å²) in [7, 11) is 1.42. The number of phenols is 1. The van der Waals surface area contributed by atoms with Gasteiger partial charge in [-0.25, -0.2) is 4.21 Å². The van der Waals surface area contributed by atoms with E-state index in [1.165, 1.54) is 13.4 Å². The summed E-state index contributed by atoms with van der Waals surface area (Å²) in [5, 5.41) is 9.13. The fraction of sp³-hybridized carbons (Fsp3) is 0.296. The van der Waals surface area contributed by atoms with Gasteiger partial charge in [0.15, 0.2) is 0 Å². The summed E-state index contributed by atoms with van der Waals surface area (Å²) < 4.78 is 27.0. The lowest BCUT2D eigenvalue weighted by atomic mass is 10.1. The van der Waals surface area contributed by atoms with E-state index in [0.717, 1.165) is 41.0 Å². The Kier molecular flexibility index (Phi) is 10.5. The number of benzene rings is 3. The molecule has 0 spiro atoms. The molecule has 8 heteroatoms. The van der Waals surface area contributed by atoms with Gasteiger partial charge in [0.25, 0.3) is 0 Å². The molecule has 3 aromatic carbocycles. The first kappa shape index (κ1) is 26.6. The van der Waals surface area contributed by atoms with Gasteiger partial charge in [0.2, 0.25) is 11.1 Å². The lowest BCUT2D eigenvalue weighted by Gasteiger charge is -2.15. The van der Waals surface area contributed by atoms with E-state index in [1.54, 1.807) is 48.2 Å². The van der Waals surface area contributed by atoms with Gasteiger partial charge in [-0.2, -0.15) is 0 Å². The molecule has 3 aromatic rings. The van der Waals surface area contributed by atoms with E-state index in [-0.39, 0.29) is 17.0 Å². The smallest absolute Gasteiger partial charge is 0.319 e. The van der Waals surface area contributed by atoms with Crippen molar-refractivity contribution < 1.29 is 27.8 Å². The highest BCUT2D eigenvalue weighted by molar-refractivity contribution is 8.00. The quantitative estimate of drug-likeness (QED) is 0.330. The minimum atomic E-state index is -1.35. The number of methoxy groups -OCH3 is 1. The Labute approximate surface area is 213 Å². The number of esters is 1. The van der Waals surface area contributed by atoms with Crippen molar-refractivity contribution in [2.75, 3.05) is 25.7 Å². The van der Waals surface area contributed by atoms with E-state index in [2.05, 4.69) is 12.1 Å². The number of ether oxygens (including phenoxy) is 2. The van der Waals surface area contributed by atoms with Crippen LogP contribution < -0.4 is 8.92 Å². The van der Waals surface area contributed by atoms with Crippen LogP contribution in [0.2, 0.25) is 0 Å². The van der Waals surface area contributed by atoms with Gasteiger partial charge in [-0.3, -0.25) is 4.79 Å². The third-order valence-electron chi connectivity index (χ3n) is 5.25. The topological polar surface area (TPSA) is 82.1 Å². The van der Waals surface area contributed by atoms with Crippen LogP contribution in [-0.2, 0) is 39.9 Å². The summed E-state index contributed by atoms with van der Waals surface area (Å²) in [5.74, 6) is 2.07. The number of hydrogen-bond donors (Lipinski definition) is 1. The standard InChI is InChI=1S/C27H30O6S2/c1-31-27(29)26(34-18-16-21-7-9-23(28)10-8-21)19-22-5-3-20(4-6-22)15-17-32-24-11-13-25(14-12-24)33-35(2)30/h3-14,26,28H,15-19H2,1-2H3. The maximum absolute atomic E-state index is 12.3. The molecule has 0 fully saturated rings. The zero-order valence-electron chi connectivity index (χ0n) is 19.8. The molecule has 0 saturated heterocycles. The SMILES string of the molecule is COC(=O)C(Cc1ccc(CCOc2ccc(OS(C)=O)cc2)cc1)SCCc1ccc(O)cc1. The second-order valence-corrected chi connectivity index (χ2v) is 10.2. The molecule has 1 N–H and O–H groups in total. The molecule has 0 bridgehead atoms. The summed E-state index contributed by atoms with van der Waals surface area (Å²) in [6, 6.07) is 22.4. The Balaban J connectivity index is 1.46. The van der Waals surface area contributed by atoms with Crippen LogP contribution in [0.25, 0.3) is 0 Å². The van der Waals surface area contributed by atoms with E-state index < -0.39 is 11.1 Å². The molecule has 0 amide bonds. The second-order valence-electron chi connectivity index (χ2n) is 7.87. The second kappa shape index (κ2) is 13.8. The first-order valence-electron chi connectivity index (χ1n) is 11.2. The van der Waals surface area contributed by atoms with Gasteiger partial charge >= 0.3 is 5.97 Å². The zero-order chi connectivity index (χ0) is 25.0. The van der Waals surface area contributed by atoms with Crippen LogP contribution in [0.15, 0.2) is 72.8 Å². The summed E-state index contributed by atoms with van der Waals surface area (Å²) in [4.78, 5) is 12.3. The lowest BCUT2D eigenvalue weighted by molar-refractivity contribution is -0.139. The van der Waals surface area contributed by atoms with E-state index in [1.807, 2.05) is 24.3 Å². The zero-order valence-corrected chi connectivity index (χ0v) is 21.5. The number of aromatic hydroxyl groups is 1. The molecule has 2 unspecified atom stereocenters. The Bertz CT molecular complexity index is 1080. The van der Waals surface area contributed by atoms with Crippen molar-refractivity contribution in [1.29, 1.82) is 0 Å². The lowest BCUT2D eigenvalue weighted by Crippen LogP contribution is -2.22. The summed E-state index contributed by atoms with van der Waals surface area (Å²) >= 11 is 0.236. The van der Waals surface area contributed by atoms with E-state index in [9.17, 15) is 14.1 Å². The first-order valence-corrected chi connectivity index (χ1v) is 13.8. The molecule has 35 heavy (non-hydrogen) atoms. The molecule has 2 atom stereocenters. The average molecular weight is 515 g/mol. The van der Waals surface area contributed by atoms with Gasteiger partial charge in [-0.15, -0.1) is 11.8 Å². The van der Waals surface area contributed by atoms with Gasteiger partial charge in [0, 0.05) is 12.7 Å². The molecule has 6 nitrogen and oxygen atoms in total. The van der Waals surface area contributed by atoms with Crippen molar-refractivity contribution in [3.8, 4) is 17.2 Å². The Morgan fingerprint density at radius 2 is 1.46 bits per heavy atom. The number of phenolic OH excluding ortho intramolecular Hbond substituents is 1. The van der Waals surface area contributed by atoms with Crippen LogP contribution in [-0.4, -0.2) is 46.3 Å². The van der Waals surface area contributed by atoms with Gasteiger partial charge < -0.3 is 18.8 Å². The largest absolute Gasteiger partial charge is 0.508 e. The van der Waals surface area contributed by atoms with Gasteiger partial charge in [-0.05, 0) is 71.7 Å². The predicted molar refractivity (Wildman–Crippen MR) is 141 cm³/mol. The third kappa shape index (κ3) is 9.30. The van der Waals surface area contributed by atoms with Crippen molar-refractivity contribution >= 4 is 28.8 Å². The molecule has 0 aliphatic rings. The fourth-order valence-corrected chi connectivity index (χ4v) is 4.96. The first-order chi connectivity index (χ1) is 16.9. The van der Waals surface area contributed by atoms with Crippen molar-refractivity contribution in [2.24, 2.45) is 0 Å². The average Bonchev–Trinajstić information content (AvgIpc) is 2.86. The molecule has 186 valence electrons. The van der Waals surface area contributed by atoms with Crippen molar-refractivity contribution in [1.82, 2.24) is 0 Å². The Hall–Kier alpha value is -2.97.